The van der Waals surface area contributed by atoms with Gasteiger partial charge < -0.3 is 10.1 Å². The van der Waals surface area contributed by atoms with Gasteiger partial charge in [-0.05, 0) is 49.6 Å². The Balaban J connectivity index is 1.80. The number of carbonyl (C=O) groups excluding carboxylic acids is 2. The Bertz CT molecular complexity index is 942. The maximum Gasteiger partial charge on any atom is 0.416 e. The van der Waals surface area contributed by atoms with E-state index in [-0.39, 0.29) is 24.0 Å². The van der Waals surface area contributed by atoms with E-state index in [1.165, 1.54) is 19.2 Å². The van der Waals surface area contributed by atoms with Gasteiger partial charge in [-0.1, -0.05) is 30.3 Å². The van der Waals surface area contributed by atoms with Crippen molar-refractivity contribution in [3.8, 4) is 11.1 Å². The van der Waals surface area contributed by atoms with Crippen LogP contribution in [0.15, 0.2) is 48.5 Å². The van der Waals surface area contributed by atoms with Gasteiger partial charge in [0.2, 0.25) is 0 Å². The highest BCUT2D eigenvalue weighted by atomic mass is 19.4. The van der Waals surface area contributed by atoms with Gasteiger partial charge in [-0.2, -0.15) is 13.2 Å². The van der Waals surface area contributed by atoms with E-state index in [1.807, 2.05) is 18.7 Å². The number of hydrogen-bond donors (Lipinski definition) is 1. The Morgan fingerprint density at radius 3 is 2.32 bits per heavy atom. The summed E-state index contributed by atoms with van der Waals surface area (Å²) in [5.74, 6) is -0.676. The van der Waals surface area contributed by atoms with Crippen LogP contribution >= 0.6 is 0 Å². The molecule has 0 bridgehead atoms. The first-order valence-electron chi connectivity index (χ1n) is 10.0. The number of ether oxygens (including phenoxy) is 1. The molecule has 31 heavy (non-hydrogen) atoms. The molecule has 1 aliphatic rings. The van der Waals surface area contributed by atoms with Crippen molar-refractivity contribution in [1.29, 1.82) is 0 Å². The molecular weight excluding hydrogens is 409 g/mol. The predicted molar refractivity (Wildman–Crippen MR) is 110 cm³/mol. The van der Waals surface area contributed by atoms with Crippen LogP contribution in [0.5, 0.6) is 0 Å². The second kappa shape index (κ2) is 9.09. The lowest BCUT2D eigenvalue weighted by Crippen LogP contribution is -2.42. The first-order valence-corrected chi connectivity index (χ1v) is 10.0. The summed E-state index contributed by atoms with van der Waals surface area (Å²) >= 11 is 0. The van der Waals surface area contributed by atoms with Crippen LogP contribution in [0, 0.1) is 0 Å². The molecule has 1 N–H and O–H groups in total. The second-order valence-electron chi connectivity index (χ2n) is 7.86. The molecule has 0 spiro atoms. The molecule has 1 heterocycles. The number of hydrogen-bond acceptors (Lipinski definition) is 4. The van der Waals surface area contributed by atoms with E-state index < -0.39 is 17.8 Å². The minimum absolute atomic E-state index is 0.102. The zero-order valence-electron chi connectivity index (χ0n) is 17.6. The molecule has 1 amide bonds. The molecule has 1 aliphatic heterocycles. The summed E-state index contributed by atoms with van der Waals surface area (Å²) in [5.41, 5.74) is 0.671. The van der Waals surface area contributed by atoms with Crippen LogP contribution in [0.3, 0.4) is 0 Å². The number of benzene rings is 2. The van der Waals surface area contributed by atoms with Gasteiger partial charge in [-0.3, -0.25) is 14.5 Å². The average Bonchev–Trinajstić information content (AvgIpc) is 3.16. The van der Waals surface area contributed by atoms with Crippen LogP contribution in [-0.2, 0) is 15.7 Å². The van der Waals surface area contributed by atoms with E-state index in [0.29, 0.717) is 29.7 Å². The Hall–Kier alpha value is -2.87. The lowest BCUT2D eigenvalue weighted by molar-refractivity contribution is -0.146. The van der Waals surface area contributed by atoms with Crippen molar-refractivity contribution in [2.24, 2.45) is 0 Å². The first-order chi connectivity index (χ1) is 14.6. The maximum absolute atomic E-state index is 13.0. The third-order valence-corrected chi connectivity index (χ3v) is 5.51. The second-order valence-corrected chi connectivity index (χ2v) is 7.86. The highest BCUT2D eigenvalue weighted by Gasteiger charge is 2.39. The van der Waals surface area contributed by atoms with Crippen LogP contribution in [0.25, 0.3) is 11.1 Å². The van der Waals surface area contributed by atoms with Gasteiger partial charge in [-0.25, -0.2) is 0 Å². The lowest BCUT2D eigenvalue weighted by atomic mass is 9.98. The van der Waals surface area contributed by atoms with Crippen molar-refractivity contribution in [2.75, 3.05) is 13.7 Å². The predicted octanol–water partition coefficient (Wildman–Crippen LogP) is 4.13. The number of nitrogens with zero attached hydrogens (tertiary/aromatic N) is 1. The molecule has 2 atom stereocenters. The monoisotopic (exact) mass is 434 g/mol. The molecule has 8 heteroatoms. The van der Waals surface area contributed by atoms with Crippen LogP contribution in [0.2, 0.25) is 0 Å². The molecule has 1 fully saturated rings. The quantitative estimate of drug-likeness (QED) is 0.719. The van der Waals surface area contributed by atoms with Crippen molar-refractivity contribution in [1.82, 2.24) is 10.2 Å². The molecule has 0 saturated carbocycles. The summed E-state index contributed by atoms with van der Waals surface area (Å²) in [6.07, 6.45) is -3.99. The van der Waals surface area contributed by atoms with E-state index in [4.69, 9.17) is 4.74 Å². The van der Waals surface area contributed by atoms with Crippen molar-refractivity contribution >= 4 is 11.9 Å². The van der Waals surface area contributed by atoms with Gasteiger partial charge in [0.05, 0.1) is 12.7 Å². The van der Waals surface area contributed by atoms with E-state index >= 15 is 0 Å². The smallest absolute Gasteiger partial charge is 0.416 e. The van der Waals surface area contributed by atoms with E-state index in [1.54, 1.807) is 24.3 Å². The average molecular weight is 434 g/mol. The third-order valence-electron chi connectivity index (χ3n) is 5.51. The first kappa shape index (κ1) is 22.8. The van der Waals surface area contributed by atoms with E-state index in [0.717, 1.165) is 12.1 Å². The fraction of sp³-hybridized carbons (Fsp3) is 0.391. The number of alkyl halides is 3. The largest absolute Gasteiger partial charge is 0.468 e. The number of nitrogens with one attached hydrogen (secondary N) is 1. The normalized spacial score (nSPS) is 19.5. The van der Waals surface area contributed by atoms with Gasteiger partial charge in [0.15, 0.2) is 0 Å². The number of methoxy groups -OCH3 is 1. The highest BCUT2D eigenvalue weighted by Crippen LogP contribution is 2.32. The van der Waals surface area contributed by atoms with Gasteiger partial charge in [-0.15, -0.1) is 0 Å². The molecule has 5 nitrogen and oxygen atoms in total. The van der Waals surface area contributed by atoms with E-state index in [9.17, 15) is 22.8 Å². The molecule has 0 radical (unpaired) electrons. The van der Waals surface area contributed by atoms with Crippen molar-refractivity contribution in [3.05, 3.63) is 59.7 Å². The zero-order valence-corrected chi connectivity index (χ0v) is 17.6. The van der Waals surface area contributed by atoms with Crippen molar-refractivity contribution in [2.45, 2.75) is 44.6 Å². The Morgan fingerprint density at radius 2 is 1.74 bits per heavy atom. The van der Waals surface area contributed by atoms with Gasteiger partial charge in [0.25, 0.3) is 5.91 Å². The molecule has 166 valence electrons. The molecule has 2 aromatic carbocycles. The fourth-order valence-corrected chi connectivity index (χ4v) is 3.94. The van der Waals surface area contributed by atoms with Crippen LogP contribution in [0.4, 0.5) is 13.2 Å². The summed E-state index contributed by atoms with van der Waals surface area (Å²) in [6.45, 7) is 4.45. The number of carbonyl (C=O) groups is 2. The minimum atomic E-state index is -4.42. The number of likely N-dealkylation sites (tertiary alicyclic amines) is 1. The topological polar surface area (TPSA) is 58.6 Å². The van der Waals surface area contributed by atoms with Crippen molar-refractivity contribution in [3.63, 3.8) is 0 Å². The number of rotatable bonds is 5. The molecular formula is C23H25F3N2O3. The number of esters is 1. The van der Waals surface area contributed by atoms with Gasteiger partial charge >= 0.3 is 12.1 Å². The third kappa shape index (κ3) is 5.07. The molecule has 0 aliphatic carbocycles. The molecule has 1 saturated heterocycles. The Kier molecular flexibility index (Phi) is 6.69. The summed E-state index contributed by atoms with van der Waals surface area (Å²) in [6, 6.07) is 10.9. The van der Waals surface area contributed by atoms with Crippen molar-refractivity contribution < 1.29 is 27.5 Å². The number of halogens is 3. The highest BCUT2D eigenvalue weighted by molar-refractivity contribution is 6.01. The molecule has 0 unspecified atom stereocenters. The fourth-order valence-electron chi connectivity index (χ4n) is 3.94. The summed E-state index contributed by atoms with van der Waals surface area (Å²) < 4.78 is 43.5. The van der Waals surface area contributed by atoms with E-state index in [2.05, 4.69) is 5.32 Å². The SMILES string of the molecule is COC(=O)[C@@H]1C[C@@H](NC(=O)c2ccccc2-c2ccc(C(F)(F)F)cc2)CN1C(C)C. The van der Waals surface area contributed by atoms with Crippen LogP contribution in [-0.4, -0.2) is 48.6 Å². The summed E-state index contributed by atoms with van der Waals surface area (Å²) in [7, 11) is 1.34. The molecule has 0 aromatic heterocycles. The Labute approximate surface area is 179 Å². The zero-order chi connectivity index (χ0) is 22.8. The minimum Gasteiger partial charge on any atom is -0.468 e. The van der Waals surface area contributed by atoms with Crippen LogP contribution < -0.4 is 5.32 Å². The van der Waals surface area contributed by atoms with Gasteiger partial charge in [0.1, 0.15) is 6.04 Å². The molecule has 2 aromatic rings. The standard InChI is InChI=1S/C23H25F3N2O3/c1-14(2)28-13-17(12-20(28)22(30)31-3)27-21(29)19-7-5-4-6-18(19)15-8-10-16(11-9-15)23(24,25)26/h4-11,14,17,20H,12-13H2,1-3H3,(H,27,29)/t17-,20+/m1/s1. The number of amides is 1. The van der Waals surface area contributed by atoms with Crippen LogP contribution in [0.1, 0.15) is 36.2 Å². The lowest BCUT2D eigenvalue weighted by Gasteiger charge is -2.25. The maximum atomic E-state index is 13.0. The summed E-state index contributed by atoms with van der Waals surface area (Å²) in [5, 5.41) is 2.97. The van der Waals surface area contributed by atoms with Gasteiger partial charge in [0, 0.05) is 24.2 Å². The summed E-state index contributed by atoms with van der Waals surface area (Å²) in [4.78, 5) is 27.1. The molecule has 3 rings (SSSR count). The Morgan fingerprint density at radius 1 is 1.10 bits per heavy atom.